The van der Waals surface area contributed by atoms with Gasteiger partial charge >= 0.3 is 0 Å². The van der Waals surface area contributed by atoms with Crippen LogP contribution in [0.2, 0.25) is 5.04 Å². The minimum atomic E-state index is -3.00. The summed E-state index contributed by atoms with van der Waals surface area (Å²) in [4.78, 5) is 0. The molecule has 1 heterocycles. The lowest BCUT2D eigenvalue weighted by Gasteiger charge is -2.44. The molecule has 0 saturated carbocycles. The van der Waals surface area contributed by atoms with Gasteiger partial charge in [0.15, 0.2) is 5.79 Å². The molecule has 5 rings (SSSR count). The number of aliphatic hydroxyl groups excluding tert-OH is 2. The van der Waals surface area contributed by atoms with Gasteiger partial charge in [0.25, 0.3) is 8.32 Å². The zero-order valence-electron chi connectivity index (χ0n) is 33.2. The van der Waals surface area contributed by atoms with Crippen molar-refractivity contribution in [3.63, 3.8) is 0 Å². The average Bonchev–Trinajstić information content (AvgIpc) is 3.56. The van der Waals surface area contributed by atoms with Gasteiger partial charge in [-0.25, -0.2) is 0 Å². The van der Waals surface area contributed by atoms with Gasteiger partial charge < -0.3 is 43.1 Å². The third-order valence-electron chi connectivity index (χ3n) is 9.98. The number of hydrogen-bond donors (Lipinski definition) is 2. The second kappa shape index (κ2) is 19.3. The lowest BCUT2D eigenvalue weighted by atomic mass is 10.1. The van der Waals surface area contributed by atoms with Crippen LogP contribution < -0.4 is 19.8 Å². The Balaban J connectivity index is 1.49. The second-order valence-electron chi connectivity index (χ2n) is 15.4. The number of aliphatic hydroxyl groups is 2. The van der Waals surface area contributed by atoms with E-state index >= 15 is 0 Å². The summed E-state index contributed by atoms with van der Waals surface area (Å²) in [5.74, 6) is 0.729. The summed E-state index contributed by atoms with van der Waals surface area (Å²) in [6.45, 7) is 11.2. The quantitative estimate of drug-likeness (QED) is 0.0810. The van der Waals surface area contributed by atoms with Gasteiger partial charge in [0.1, 0.15) is 35.9 Å². The van der Waals surface area contributed by atoms with Crippen molar-refractivity contribution >= 4 is 18.7 Å². The van der Waals surface area contributed by atoms with E-state index in [0.717, 1.165) is 33.0 Å². The van der Waals surface area contributed by atoms with E-state index in [4.69, 9.17) is 32.8 Å². The Kier molecular flexibility index (Phi) is 14.9. The third kappa shape index (κ3) is 11.1. The molecular formula is C45H58O9Si. The molecule has 10 heteroatoms. The summed E-state index contributed by atoms with van der Waals surface area (Å²) in [5.41, 5.74) is 1.83. The summed E-state index contributed by atoms with van der Waals surface area (Å²) in [7, 11) is 0.263. The van der Waals surface area contributed by atoms with E-state index in [1.54, 1.807) is 26.4 Å². The minimum absolute atomic E-state index is 0.132. The molecule has 2 N–H and O–H groups in total. The van der Waals surface area contributed by atoms with Gasteiger partial charge in [-0.15, -0.1) is 0 Å². The smallest absolute Gasteiger partial charge is 0.261 e. The molecule has 0 aliphatic carbocycles. The number of ether oxygens (including phenoxy) is 6. The first-order valence-electron chi connectivity index (χ1n) is 18.9. The summed E-state index contributed by atoms with van der Waals surface area (Å²) in [5, 5.41) is 24.9. The van der Waals surface area contributed by atoms with Gasteiger partial charge in [-0.3, -0.25) is 0 Å². The van der Waals surface area contributed by atoms with E-state index in [9.17, 15) is 10.2 Å². The van der Waals surface area contributed by atoms with E-state index in [0.29, 0.717) is 6.61 Å². The van der Waals surface area contributed by atoms with Crippen molar-refractivity contribution in [1.82, 2.24) is 0 Å². The minimum Gasteiger partial charge on any atom is -0.497 e. The molecular weight excluding hydrogens is 713 g/mol. The average molecular weight is 771 g/mol. The topological polar surface area (TPSA) is 105 Å². The third-order valence-corrected chi connectivity index (χ3v) is 15.0. The summed E-state index contributed by atoms with van der Waals surface area (Å²) in [6.07, 6.45) is -0.319. The van der Waals surface area contributed by atoms with Gasteiger partial charge in [-0.1, -0.05) is 118 Å². The molecule has 5 atom stereocenters. The van der Waals surface area contributed by atoms with Crippen LogP contribution in [-0.2, 0) is 36.6 Å². The number of benzene rings is 4. The molecule has 55 heavy (non-hydrogen) atoms. The van der Waals surface area contributed by atoms with Crippen molar-refractivity contribution < 1.29 is 43.1 Å². The zero-order chi connectivity index (χ0) is 39.5. The highest BCUT2D eigenvalue weighted by Crippen LogP contribution is 2.37. The molecule has 4 aromatic carbocycles. The summed E-state index contributed by atoms with van der Waals surface area (Å²) in [6, 6.07) is 36.2. The van der Waals surface area contributed by atoms with Crippen molar-refractivity contribution in [2.24, 2.45) is 0 Å². The van der Waals surface area contributed by atoms with Crippen LogP contribution in [0.25, 0.3) is 0 Å². The molecule has 0 amide bonds. The Morgan fingerprint density at radius 2 is 1.27 bits per heavy atom. The highest BCUT2D eigenvalue weighted by molar-refractivity contribution is 6.99. The molecule has 0 spiro atoms. The first-order valence-corrected chi connectivity index (χ1v) is 20.8. The fourth-order valence-corrected chi connectivity index (χ4v) is 11.6. The van der Waals surface area contributed by atoms with Crippen LogP contribution in [-0.4, -0.2) is 82.3 Å². The molecule has 0 unspecified atom stereocenters. The molecule has 1 saturated heterocycles. The largest absolute Gasteiger partial charge is 0.497 e. The Bertz CT molecular complexity index is 1700. The van der Waals surface area contributed by atoms with Crippen LogP contribution in [0.1, 0.15) is 52.2 Å². The second-order valence-corrected chi connectivity index (χ2v) is 19.7. The van der Waals surface area contributed by atoms with Crippen molar-refractivity contribution in [3.8, 4) is 11.5 Å². The predicted molar refractivity (Wildman–Crippen MR) is 217 cm³/mol. The summed E-state index contributed by atoms with van der Waals surface area (Å²) >= 11 is 0. The maximum Gasteiger partial charge on any atom is 0.261 e. The van der Waals surface area contributed by atoms with E-state index in [2.05, 4.69) is 69.3 Å². The SMILES string of the molecule is COc1ccc(CO[C@H]([C@H](O)/C=C/C[C@H](O)[C@H]2COC(C)(C)O2)[C@@H](CO[Si](c2ccccc2)(c2ccccc2)C(C)(C)C)OCc2ccc(OC)cc2)cc1. The Morgan fingerprint density at radius 1 is 0.764 bits per heavy atom. The molecule has 1 fully saturated rings. The summed E-state index contributed by atoms with van der Waals surface area (Å²) < 4.78 is 43.1. The van der Waals surface area contributed by atoms with Gasteiger partial charge in [-0.05, 0) is 71.1 Å². The van der Waals surface area contributed by atoms with Crippen LogP contribution in [0.3, 0.4) is 0 Å². The standard InChI is InChI=1S/C45H58O9Si/c1-44(2,3)55(37-15-10-8-11-16-37,38-17-12-9-13-18-38)53-32-42(50-29-33-21-25-35(48-6)26-22-33)43(51-30-34-23-27-36(49-7)28-24-34)40(47)20-14-19-39(46)41-31-52-45(4,5)54-41/h8-18,20-28,39-43,46-47H,19,29-32H2,1-7H3/b20-14+/t39-,40+,41+,42+,43+/m0/s1. The molecule has 0 bridgehead atoms. The van der Waals surface area contributed by atoms with Gasteiger partial charge in [0.2, 0.25) is 0 Å². The lowest BCUT2D eigenvalue weighted by molar-refractivity contribution is -0.150. The Morgan fingerprint density at radius 3 is 1.73 bits per heavy atom. The number of hydrogen-bond acceptors (Lipinski definition) is 9. The fourth-order valence-electron chi connectivity index (χ4n) is 7.00. The van der Waals surface area contributed by atoms with Crippen LogP contribution in [0, 0.1) is 0 Å². The van der Waals surface area contributed by atoms with Gasteiger partial charge in [-0.2, -0.15) is 0 Å². The van der Waals surface area contributed by atoms with Gasteiger partial charge in [0.05, 0.1) is 46.8 Å². The normalized spacial score (nSPS) is 18.2. The van der Waals surface area contributed by atoms with Crippen molar-refractivity contribution in [2.75, 3.05) is 27.4 Å². The van der Waals surface area contributed by atoms with Crippen molar-refractivity contribution in [3.05, 3.63) is 132 Å². The highest BCUT2D eigenvalue weighted by Gasteiger charge is 2.51. The zero-order valence-corrected chi connectivity index (χ0v) is 34.2. The molecule has 0 aromatic heterocycles. The van der Waals surface area contributed by atoms with Crippen molar-refractivity contribution in [1.29, 1.82) is 0 Å². The monoisotopic (exact) mass is 770 g/mol. The Labute approximate surface area is 327 Å². The van der Waals surface area contributed by atoms with E-state index in [1.807, 2.05) is 74.5 Å². The molecule has 1 aliphatic heterocycles. The van der Waals surface area contributed by atoms with E-state index in [-0.39, 0.29) is 31.3 Å². The van der Waals surface area contributed by atoms with Crippen LogP contribution in [0.15, 0.2) is 121 Å². The molecule has 1 aliphatic rings. The van der Waals surface area contributed by atoms with E-state index in [1.165, 1.54) is 0 Å². The van der Waals surface area contributed by atoms with Crippen LogP contribution >= 0.6 is 0 Å². The molecule has 4 aromatic rings. The first-order chi connectivity index (χ1) is 26.3. The molecule has 0 radical (unpaired) electrons. The fraction of sp³-hybridized carbons (Fsp3) is 0.422. The lowest BCUT2D eigenvalue weighted by Crippen LogP contribution is -2.67. The van der Waals surface area contributed by atoms with Crippen LogP contribution in [0.4, 0.5) is 0 Å². The van der Waals surface area contributed by atoms with Gasteiger partial charge in [0, 0.05) is 0 Å². The maximum atomic E-state index is 12.0. The molecule has 296 valence electrons. The highest BCUT2D eigenvalue weighted by atomic mass is 28.4. The number of methoxy groups -OCH3 is 2. The van der Waals surface area contributed by atoms with Crippen molar-refractivity contribution in [2.45, 2.75) is 95.6 Å². The van der Waals surface area contributed by atoms with E-state index < -0.39 is 44.6 Å². The predicted octanol–water partition coefficient (Wildman–Crippen LogP) is 6.57. The van der Waals surface area contributed by atoms with Crippen LogP contribution in [0.5, 0.6) is 11.5 Å². The Hall–Kier alpha value is -3.84. The first kappa shape index (κ1) is 42.3. The maximum absolute atomic E-state index is 12.0. The molecule has 9 nitrogen and oxygen atoms in total. The number of rotatable bonds is 19.